The summed E-state index contributed by atoms with van der Waals surface area (Å²) >= 11 is 0. The number of hydrogen-bond donors (Lipinski definition) is 1. The molecule has 4 aliphatic carbocycles. The van der Waals surface area contributed by atoms with E-state index in [1.54, 1.807) is 6.92 Å². The molecular formula is C21H30O3. The van der Waals surface area contributed by atoms with Crippen LogP contribution in [0.15, 0.2) is 11.6 Å². The topological polar surface area (TPSA) is 54.4 Å². The van der Waals surface area contributed by atoms with Crippen molar-refractivity contribution in [1.29, 1.82) is 0 Å². The first-order valence-corrected chi connectivity index (χ1v) is 9.68. The van der Waals surface area contributed by atoms with Crippen molar-refractivity contribution in [3.63, 3.8) is 0 Å². The summed E-state index contributed by atoms with van der Waals surface area (Å²) in [6.45, 7) is 6.17. The van der Waals surface area contributed by atoms with E-state index in [-0.39, 0.29) is 34.6 Å². The number of hydrogen-bond acceptors (Lipinski definition) is 3. The first kappa shape index (κ1) is 16.5. The smallest absolute Gasteiger partial charge is 0.137 e. The third kappa shape index (κ3) is 2.06. The Kier molecular flexibility index (Phi) is 3.62. The Morgan fingerprint density at radius 3 is 2.71 bits per heavy atom. The molecule has 0 aromatic rings. The van der Waals surface area contributed by atoms with Crippen molar-refractivity contribution in [1.82, 2.24) is 0 Å². The zero-order valence-electron chi connectivity index (χ0n) is 15.2. The molecule has 0 radical (unpaired) electrons. The Hall–Kier alpha value is -0.960. The van der Waals surface area contributed by atoms with Gasteiger partial charge in [-0.15, -0.1) is 0 Å². The van der Waals surface area contributed by atoms with E-state index in [1.807, 2.05) is 0 Å². The highest BCUT2D eigenvalue weighted by atomic mass is 16.3. The lowest BCUT2D eigenvalue weighted by Gasteiger charge is -2.56. The molecule has 0 heterocycles. The molecule has 132 valence electrons. The van der Waals surface area contributed by atoms with Gasteiger partial charge < -0.3 is 5.11 Å². The number of aliphatic hydroxyl groups excluding tert-OH is 1. The third-order valence-corrected chi connectivity index (χ3v) is 8.26. The second-order valence-corrected chi connectivity index (χ2v) is 9.42. The summed E-state index contributed by atoms with van der Waals surface area (Å²) in [7, 11) is 0. The number of Topliss-reactive ketones (excluding diaryl/α,β-unsaturated/α-hetero) is 2. The summed E-state index contributed by atoms with van der Waals surface area (Å²) in [6, 6.07) is 0. The monoisotopic (exact) mass is 330 g/mol. The molecular weight excluding hydrogens is 300 g/mol. The molecule has 0 aliphatic heterocycles. The third-order valence-electron chi connectivity index (χ3n) is 8.26. The number of rotatable bonds is 1. The number of aliphatic hydroxyl groups is 1. The van der Waals surface area contributed by atoms with E-state index in [4.69, 9.17) is 0 Å². The fourth-order valence-corrected chi connectivity index (χ4v) is 7.14. The van der Waals surface area contributed by atoms with Crippen molar-refractivity contribution < 1.29 is 14.7 Å². The molecule has 0 spiro atoms. The minimum absolute atomic E-state index is 0.0606. The quantitative estimate of drug-likeness (QED) is 0.746. The van der Waals surface area contributed by atoms with Gasteiger partial charge in [0.2, 0.25) is 0 Å². The lowest BCUT2D eigenvalue weighted by Crippen LogP contribution is -2.55. The van der Waals surface area contributed by atoms with Crippen LogP contribution in [0.5, 0.6) is 0 Å². The van der Waals surface area contributed by atoms with Gasteiger partial charge in [0, 0.05) is 18.3 Å². The molecule has 3 saturated carbocycles. The van der Waals surface area contributed by atoms with E-state index in [9.17, 15) is 14.7 Å². The van der Waals surface area contributed by atoms with Crippen LogP contribution in [0.2, 0.25) is 0 Å². The van der Waals surface area contributed by atoms with Gasteiger partial charge in [-0.2, -0.15) is 0 Å². The van der Waals surface area contributed by atoms with Gasteiger partial charge in [-0.3, -0.25) is 9.59 Å². The number of carbonyl (C=O) groups excluding carboxylic acids is 2. The highest BCUT2D eigenvalue weighted by Crippen LogP contribution is 2.65. The summed E-state index contributed by atoms with van der Waals surface area (Å²) in [5, 5.41) is 10.0. The van der Waals surface area contributed by atoms with Crippen molar-refractivity contribution in [2.24, 2.45) is 34.5 Å². The lowest BCUT2D eigenvalue weighted by atomic mass is 9.47. The van der Waals surface area contributed by atoms with Gasteiger partial charge in [-0.25, -0.2) is 0 Å². The van der Waals surface area contributed by atoms with E-state index in [0.29, 0.717) is 24.0 Å². The van der Waals surface area contributed by atoms with Crippen LogP contribution in [0.1, 0.15) is 65.7 Å². The Bertz CT molecular complexity index is 621. The van der Waals surface area contributed by atoms with E-state index in [1.165, 1.54) is 5.57 Å². The second-order valence-electron chi connectivity index (χ2n) is 9.42. The van der Waals surface area contributed by atoms with Crippen molar-refractivity contribution in [3.05, 3.63) is 11.6 Å². The highest BCUT2D eigenvalue weighted by molar-refractivity contribution is 5.87. The molecule has 4 aliphatic rings. The van der Waals surface area contributed by atoms with Crippen LogP contribution < -0.4 is 0 Å². The van der Waals surface area contributed by atoms with E-state index >= 15 is 0 Å². The molecule has 3 nitrogen and oxygen atoms in total. The van der Waals surface area contributed by atoms with Gasteiger partial charge in [0.25, 0.3) is 0 Å². The van der Waals surface area contributed by atoms with Gasteiger partial charge in [0.15, 0.2) is 0 Å². The van der Waals surface area contributed by atoms with Crippen LogP contribution in [0.3, 0.4) is 0 Å². The SMILES string of the molecule is CC(=O)C1CCC2C3CC=C4CC(O)CCC4(C)C3C(=O)CC12C. The molecule has 0 saturated heterocycles. The number of ketones is 2. The van der Waals surface area contributed by atoms with Gasteiger partial charge in [-0.05, 0) is 68.1 Å². The van der Waals surface area contributed by atoms with Crippen LogP contribution >= 0.6 is 0 Å². The summed E-state index contributed by atoms with van der Waals surface area (Å²) < 4.78 is 0. The van der Waals surface area contributed by atoms with Gasteiger partial charge in [-0.1, -0.05) is 25.5 Å². The molecule has 0 amide bonds. The lowest BCUT2D eigenvalue weighted by molar-refractivity contribution is -0.146. The van der Waals surface area contributed by atoms with Crippen molar-refractivity contribution in [3.8, 4) is 0 Å². The zero-order chi connectivity index (χ0) is 17.3. The molecule has 24 heavy (non-hydrogen) atoms. The first-order chi connectivity index (χ1) is 11.3. The summed E-state index contributed by atoms with van der Waals surface area (Å²) in [4.78, 5) is 25.4. The fraction of sp³-hybridized carbons (Fsp3) is 0.810. The van der Waals surface area contributed by atoms with Gasteiger partial charge in [0.05, 0.1) is 6.10 Å². The van der Waals surface area contributed by atoms with Crippen molar-refractivity contribution in [2.45, 2.75) is 71.8 Å². The molecule has 0 aromatic heterocycles. The highest BCUT2D eigenvalue weighted by Gasteiger charge is 2.62. The molecule has 3 heteroatoms. The number of carbonyl (C=O) groups is 2. The molecule has 4 rings (SSSR count). The normalized spacial score (nSPS) is 50.6. The Labute approximate surface area is 144 Å². The maximum atomic E-state index is 13.3. The van der Waals surface area contributed by atoms with Gasteiger partial charge in [0.1, 0.15) is 11.6 Å². The predicted molar refractivity (Wildman–Crippen MR) is 92.3 cm³/mol. The molecule has 0 bridgehead atoms. The molecule has 0 aromatic carbocycles. The zero-order valence-corrected chi connectivity index (χ0v) is 15.2. The standard InChI is InChI=1S/C21H30O3/c1-12(22)16-6-7-17-15-5-4-13-10-14(23)8-9-20(13,2)19(15)18(24)11-21(16,17)3/h4,14-17,19,23H,5-11H2,1-3H3. The molecule has 7 unspecified atom stereocenters. The largest absolute Gasteiger partial charge is 0.393 e. The molecule has 1 N–H and O–H groups in total. The van der Waals surface area contributed by atoms with Crippen molar-refractivity contribution >= 4 is 11.6 Å². The second kappa shape index (κ2) is 5.27. The summed E-state index contributed by atoms with van der Waals surface area (Å²) in [6.07, 6.45) is 8.16. The summed E-state index contributed by atoms with van der Waals surface area (Å²) in [5.74, 6) is 1.72. The van der Waals surface area contributed by atoms with E-state index in [0.717, 1.165) is 38.5 Å². The average Bonchev–Trinajstić information content (AvgIpc) is 2.84. The van der Waals surface area contributed by atoms with E-state index in [2.05, 4.69) is 19.9 Å². The van der Waals surface area contributed by atoms with Crippen LogP contribution in [0.4, 0.5) is 0 Å². The Morgan fingerprint density at radius 2 is 2.00 bits per heavy atom. The maximum Gasteiger partial charge on any atom is 0.137 e. The van der Waals surface area contributed by atoms with E-state index < -0.39 is 0 Å². The average molecular weight is 330 g/mol. The van der Waals surface area contributed by atoms with Crippen LogP contribution in [0.25, 0.3) is 0 Å². The van der Waals surface area contributed by atoms with Gasteiger partial charge >= 0.3 is 0 Å². The summed E-state index contributed by atoms with van der Waals surface area (Å²) in [5.41, 5.74) is 1.13. The van der Waals surface area contributed by atoms with Crippen LogP contribution in [-0.2, 0) is 9.59 Å². The Balaban J connectivity index is 1.73. The number of allylic oxidation sites excluding steroid dienone is 1. The van der Waals surface area contributed by atoms with Crippen LogP contribution in [-0.4, -0.2) is 22.8 Å². The van der Waals surface area contributed by atoms with Crippen LogP contribution in [0, 0.1) is 34.5 Å². The minimum atomic E-state index is -0.238. The fourth-order valence-electron chi connectivity index (χ4n) is 7.14. The number of fused-ring (bicyclic) bond motifs is 5. The minimum Gasteiger partial charge on any atom is -0.393 e. The maximum absolute atomic E-state index is 13.3. The van der Waals surface area contributed by atoms with Crippen molar-refractivity contribution in [2.75, 3.05) is 0 Å². The molecule has 3 fully saturated rings. The first-order valence-electron chi connectivity index (χ1n) is 9.68. The molecule has 7 atom stereocenters. The Morgan fingerprint density at radius 1 is 1.25 bits per heavy atom. The predicted octanol–water partition coefficient (Wildman–Crippen LogP) is 3.69.